The summed E-state index contributed by atoms with van der Waals surface area (Å²) in [5.74, 6) is 0.222. The van der Waals surface area contributed by atoms with Crippen LogP contribution < -0.4 is 4.90 Å². The molecular formula is C55H42N2. The van der Waals surface area contributed by atoms with Crippen molar-refractivity contribution in [2.45, 2.75) is 44.1 Å². The molecule has 0 saturated carbocycles. The number of anilines is 2. The Balaban J connectivity index is 1.02. The Morgan fingerprint density at radius 3 is 2.32 bits per heavy atom. The van der Waals surface area contributed by atoms with Gasteiger partial charge in [-0.25, -0.2) is 0 Å². The van der Waals surface area contributed by atoms with Gasteiger partial charge in [0.2, 0.25) is 0 Å². The second kappa shape index (κ2) is 12.2. The number of allylic oxidation sites excluding steroid dienone is 6. The molecule has 7 aromatic carbocycles. The van der Waals surface area contributed by atoms with Gasteiger partial charge in [0.1, 0.15) is 0 Å². The summed E-state index contributed by atoms with van der Waals surface area (Å²) < 4.78 is 2.43. The van der Waals surface area contributed by atoms with Crippen molar-refractivity contribution >= 4 is 55.1 Å². The van der Waals surface area contributed by atoms with Crippen LogP contribution in [0.15, 0.2) is 188 Å². The van der Waals surface area contributed by atoms with Gasteiger partial charge < -0.3 is 9.47 Å². The second-order valence-electron chi connectivity index (χ2n) is 16.8. The zero-order valence-electron chi connectivity index (χ0n) is 32.3. The Morgan fingerprint density at radius 1 is 0.596 bits per heavy atom. The highest BCUT2D eigenvalue weighted by Gasteiger charge is 2.46. The summed E-state index contributed by atoms with van der Waals surface area (Å²) in [6.07, 6.45) is 14.2. The minimum absolute atomic E-state index is 0.0540. The maximum Gasteiger partial charge on any atom is 0.0632 e. The van der Waals surface area contributed by atoms with E-state index in [1.54, 1.807) is 0 Å². The standard InChI is InChI=1S/C55H42N2/c1-55(2)49-21-10-8-19-43(49)45-33-48-47-32-40(25-28-53(47)57(54(48)34-50(45)55)41-18-12-17-38(29-41)35-13-4-3-5-14-35)39-24-27-52-46(31-39)44-20-9-11-22-51(44)56(52)42-26-23-36-15-6-7-16-37(36)30-42/h3-4,6-13,15-34,48,54H,5,14H2,1-2H3. The molecule has 1 aromatic heterocycles. The molecule has 0 radical (unpaired) electrons. The molecule has 2 nitrogen and oxygen atoms in total. The molecular weight excluding hydrogens is 689 g/mol. The van der Waals surface area contributed by atoms with Gasteiger partial charge >= 0.3 is 0 Å². The van der Waals surface area contributed by atoms with Crippen molar-refractivity contribution < 1.29 is 0 Å². The van der Waals surface area contributed by atoms with Crippen LogP contribution in [0.4, 0.5) is 11.4 Å². The van der Waals surface area contributed by atoms with Crippen molar-refractivity contribution in [3.63, 3.8) is 0 Å². The van der Waals surface area contributed by atoms with E-state index >= 15 is 0 Å². The molecule has 8 aromatic rings. The monoisotopic (exact) mass is 730 g/mol. The number of rotatable bonds is 4. The maximum absolute atomic E-state index is 2.63. The van der Waals surface area contributed by atoms with Gasteiger partial charge in [0.25, 0.3) is 0 Å². The Kier molecular flexibility index (Phi) is 6.96. The van der Waals surface area contributed by atoms with Gasteiger partial charge in [-0.15, -0.1) is 0 Å². The molecule has 2 heterocycles. The summed E-state index contributed by atoms with van der Waals surface area (Å²) in [6.45, 7) is 4.81. The normalized spacial score (nSPS) is 18.9. The maximum atomic E-state index is 2.63. The first kappa shape index (κ1) is 32.6. The van der Waals surface area contributed by atoms with Crippen molar-refractivity contribution in [3.05, 3.63) is 210 Å². The highest BCUT2D eigenvalue weighted by molar-refractivity contribution is 6.11. The van der Waals surface area contributed by atoms with Crippen LogP contribution >= 0.6 is 0 Å². The van der Waals surface area contributed by atoms with Crippen LogP contribution in [0.2, 0.25) is 0 Å². The van der Waals surface area contributed by atoms with Gasteiger partial charge in [0.05, 0.1) is 17.1 Å². The Labute approximate surface area is 334 Å². The number of fused-ring (bicyclic) bond motifs is 10. The molecule has 2 unspecified atom stereocenters. The smallest absolute Gasteiger partial charge is 0.0632 e. The second-order valence-corrected chi connectivity index (χ2v) is 16.8. The van der Waals surface area contributed by atoms with Crippen LogP contribution in [-0.2, 0) is 5.41 Å². The van der Waals surface area contributed by atoms with Gasteiger partial charge in [-0.2, -0.15) is 0 Å². The molecule has 12 rings (SSSR count). The number of hydrogen-bond donors (Lipinski definition) is 0. The Morgan fingerprint density at radius 2 is 1.40 bits per heavy atom. The van der Waals surface area contributed by atoms with Gasteiger partial charge in [-0.1, -0.05) is 141 Å². The zero-order valence-corrected chi connectivity index (χ0v) is 32.3. The topological polar surface area (TPSA) is 8.17 Å². The van der Waals surface area contributed by atoms with Crippen molar-refractivity contribution in [3.8, 4) is 16.8 Å². The summed E-state index contributed by atoms with van der Waals surface area (Å²) in [5, 5.41) is 5.06. The lowest BCUT2D eigenvalue weighted by Crippen LogP contribution is -2.31. The van der Waals surface area contributed by atoms with Crippen LogP contribution in [0.25, 0.3) is 60.5 Å². The first-order chi connectivity index (χ1) is 28.0. The molecule has 0 bridgehead atoms. The molecule has 4 aliphatic rings. The fourth-order valence-corrected chi connectivity index (χ4v) is 10.6. The minimum atomic E-state index is -0.0540. The summed E-state index contributed by atoms with van der Waals surface area (Å²) in [6, 6.07) is 57.1. The molecule has 3 aliphatic carbocycles. The fourth-order valence-electron chi connectivity index (χ4n) is 10.6. The highest BCUT2D eigenvalue weighted by atomic mass is 15.2. The van der Waals surface area contributed by atoms with Gasteiger partial charge in [0.15, 0.2) is 0 Å². The summed E-state index contributed by atoms with van der Waals surface area (Å²) in [5.41, 5.74) is 18.5. The lowest BCUT2D eigenvalue weighted by atomic mass is 9.77. The minimum Gasteiger partial charge on any atom is -0.333 e. The molecule has 0 N–H and O–H groups in total. The summed E-state index contributed by atoms with van der Waals surface area (Å²) >= 11 is 0. The number of para-hydroxylation sites is 1. The van der Waals surface area contributed by atoms with E-state index in [2.05, 4.69) is 205 Å². The molecule has 2 atom stereocenters. The predicted octanol–water partition coefficient (Wildman–Crippen LogP) is 14.3. The third-order valence-electron chi connectivity index (χ3n) is 13.4. The molecule has 2 heteroatoms. The first-order valence-corrected chi connectivity index (χ1v) is 20.5. The third-order valence-corrected chi connectivity index (χ3v) is 13.4. The number of hydrogen-bond acceptors (Lipinski definition) is 1. The van der Waals surface area contributed by atoms with Gasteiger partial charge in [0, 0.05) is 39.2 Å². The average Bonchev–Trinajstić information content (AvgIpc) is 3.85. The van der Waals surface area contributed by atoms with Crippen LogP contribution in [0.3, 0.4) is 0 Å². The van der Waals surface area contributed by atoms with Crippen molar-refractivity contribution in [1.29, 1.82) is 0 Å². The summed E-state index contributed by atoms with van der Waals surface area (Å²) in [4.78, 5) is 2.63. The third kappa shape index (κ3) is 4.83. The zero-order chi connectivity index (χ0) is 37.8. The Bertz CT molecular complexity index is 3120. The predicted molar refractivity (Wildman–Crippen MR) is 241 cm³/mol. The van der Waals surface area contributed by atoms with E-state index in [-0.39, 0.29) is 17.4 Å². The fraction of sp³-hybridized carbons (Fsp3) is 0.127. The van der Waals surface area contributed by atoms with E-state index in [4.69, 9.17) is 0 Å². The van der Waals surface area contributed by atoms with Crippen LogP contribution in [0.1, 0.15) is 54.9 Å². The molecule has 57 heavy (non-hydrogen) atoms. The molecule has 0 saturated heterocycles. The lowest BCUT2D eigenvalue weighted by Gasteiger charge is -2.33. The highest BCUT2D eigenvalue weighted by Crippen LogP contribution is 2.58. The molecule has 0 fully saturated rings. The van der Waals surface area contributed by atoms with E-state index < -0.39 is 0 Å². The van der Waals surface area contributed by atoms with Gasteiger partial charge in [-0.05, 0) is 128 Å². The van der Waals surface area contributed by atoms with Crippen LogP contribution in [-0.4, -0.2) is 10.6 Å². The van der Waals surface area contributed by atoms with E-state index in [0.29, 0.717) is 0 Å². The van der Waals surface area contributed by atoms with Crippen molar-refractivity contribution in [2.75, 3.05) is 4.90 Å². The van der Waals surface area contributed by atoms with E-state index in [9.17, 15) is 0 Å². The van der Waals surface area contributed by atoms with Crippen molar-refractivity contribution in [2.24, 2.45) is 0 Å². The Hall–Kier alpha value is -6.64. The number of benzene rings is 7. The molecule has 0 amide bonds. The largest absolute Gasteiger partial charge is 0.333 e. The van der Waals surface area contributed by atoms with E-state index in [0.717, 1.165) is 12.8 Å². The molecule has 1 aliphatic heterocycles. The summed E-state index contributed by atoms with van der Waals surface area (Å²) in [7, 11) is 0. The number of nitrogens with zero attached hydrogens (tertiary/aromatic N) is 2. The average molecular weight is 731 g/mol. The molecule has 272 valence electrons. The van der Waals surface area contributed by atoms with E-state index in [1.165, 1.54) is 99.7 Å². The molecule has 0 spiro atoms. The van der Waals surface area contributed by atoms with Crippen LogP contribution in [0, 0.1) is 0 Å². The van der Waals surface area contributed by atoms with E-state index in [1.807, 2.05) is 0 Å². The SMILES string of the molecule is CC1(C)C2=CC3C(C=C2c2ccccc21)c1cc(-c2ccc4c(c2)c2ccccc2n4-c2ccc4ccccc4c2)ccc1N3c1cccc(C2=CC=CCC2)c1. The van der Waals surface area contributed by atoms with Crippen LogP contribution in [0.5, 0.6) is 0 Å². The van der Waals surface area contributed by atoms with Crippen molar-refractivity contribution in [1.82, 2.24) is 4.57 Å². The quantitative estimate of drug-likeness (QED) is 0.175. The van der Waals surface area contributed by atoms with Gasteiger partial charge in [-0.3, -0.25) is 0 Å². The lowest BCUT2D eigenvalue weighted by molar-refractivity contribution is 0.639. The first-order valence-electron chi connectivity index (χ1n) is 20.5. The number of aromatic nitrogens is 1.